The molecule has 0 amide bonds. The second kappa shape index (κ2) is 15.0. The van der Waals surface area contributed by atoms with E-state index in [1.165, 1.54) is 89.0 Å². The van der Waals surface area contributed by atoms with Crippen molar-refractivity contribution in [2.45, 2.75) is 57.8 Å². The van der Waals surface area contributed by atoms with Crippen molar-refractivity contribution in [1.82, 2.24) is 0 Å². The van der Waals surface area contributed by atoms with Crippen LogP contribution in [-0.4, -0.2) is 0 Å². The second-order valence-electron chi connectivity index (χ2n) is 19.1. The van der Waals surface area contributed by atoms with Crippen molar-refractivity contribution in [2.75, 3.05) is 4.90 Å². The number of hydrogen-bond donors (Lipinski definition) is 0. The lowest BCUT2D eigenvalue weighted by molar-refractivity contribution is 0.590. The summed E-state index contributed by atoms with van der Waals surface area (Å²) in [5.74, 6) is 0. The summed E-state index contributed by atoms with van der Waals surface area (Å²) in [7, 11) is 0. The van der Waals surface area contributed by atoms with Crippen molar-refractivity contribution in [3.63, 3.8) is 0 Å². The lowest BCUT2D eigenvalue weighted by Gasteiger charge is -2.36. The van der Waals surface area contributed by atoms with Crippen LogP contribution in [0, 0.1) is 20.8 Å². The number of anilines is 3. The molecule has 0 aromatic heterocycles. The first-order chi connectivity index (χ1) is 31.1. The first kappa shape index (κ1) is 39.6. The van der Waals surface area contributed by atoms with Gasteiger partial charge in [0.25, 0.3) is 0 Å². The predicted molar refractivity (Wildman–Crippen MR) is 269 cm³/mol. The van der Waals surface area contributed by atoms with E-state index in [1.54, 1.807) is 0 Å². The Hall–Kier alpha value is -7.22. The maximum atomic E-state index is 2.50. The third kappa shape index (κ3) is 5.98. The zero-order chi connectivity index (χ0) is 43.8. The van der Waals surface area contributed by atoms with Crippen LogP contribution < -0.4 is 4.90 Å². The smallest absolute Gasteiger partial charge is 0.0714 e. The first-order valence-corrected chi connectivity index (χ1v) is 22.7. The molecule has 0 saturated heterocycles. The van der Waals surface area contributed by atoms with Crippen LogP contribution in [0.4, 0.5) is 17.1 Å². The van der Waals surface area contributed by atoms with Crippen LogP contribution >= 0.6 is 0 Å². The summed E-state index contributed by atoms with van der Waals surface area (Å²) in [5, 5.41) is 0. The maximum Gasteiger partial charge on any atom is 0.0714 e. The van der Waals surface area contributed by atoms with E-state index < -0.39 is 10.8 Å². The molecule has 11 rings (SSSR count). The van der Waals surface area contributed by atoms with Crippen molar-refractivity contribution in [3.05, 3.63) is 279 Å². The summed E-state index contributed by atoms with van der Waals surface area (Å²) in [6.45, 7) is 13.4. The molecule has 0 saturated carbocycles. The van der Waals surface area contributed by atoms with Crippen molar-refractivity contribution < 1.29 is 0 Å². The van der Waals surface area contributed by atoms with E-state index in [4.69, 9.17) is 0 Å². The minimum Gasteiger partial charge on any atom is -0.310 e. The molecule has 0 radical (unpaired) electrons. The van der Waals surface area contributed by atoms with Gasteiger partial charge in [0.05, 0.1) is 10.8 Å². The zero-order valence-electron chi connectivity index (χ0n) is 37.7. The molecule has 0 fully saturated rings. The molecule has 0 spiro atoms. The van der Waals surface area contributed by atoms with Crippen LogP contribution in [0.25, 0.3) is 22.3 Å². The van der Waals surface area contributed by atoms with Crippen molar-refractivity contribution in [2.24, 2.45) is 0 Å². The first-order valence-electron chi connectivity index (χ1n) is 22.7. The highest BCUT2D eigenvalue weighted by Crippen LogP contribution is 2.59. The van der Waals surface area contributed by atoms with E-state index >= 15 is 0 Å². The van der Waals surface area contributed by atoms with E-state index in [9.17, 15) is 0 Å². The molecule has 0 heterocycles. The summed E-state index contributed by atoms with van der Waals surface area (Å²) in [6, 6.07) is 80.7. The summed E-state index contributed by atoms with van der Waals surface area (Å²) in [4.78, 5) is 2.50. The molecule has 9 aromatic carbocycles. The van der Waals surface area contributed by atoms with E-state index in [1.807, 2.05) is 0 Å². The molecule has 310 valence electrons. The van der Waals surface area contributed by atoms with Gasteiger partial charge in [0.15, 0.2) is 0 Å². The predicted octanol–water partition coefficient (Wildman–Crippen LogP) is 16.1. The molecule has 0 bridgehead atoms. The van der Waals surface area contributed by atoms with Crippen LogP contribution in [0.1, 0.15) is 87.5 Å². The fourth-order valence-corrected chi connectivity index (χ4v) is 11.0. The molecular weight excluding hydrogens is 771 g/mol. The average Bonchev–Trinajstić information content (AvgIpc) is 3.78. The highest BCUT2D eigenvalue weighted by molar-refractivity contribution is 5.92. The molecule has 64 heavy (non-hydrogen) atoms. The zero-order valence-corrected chi connectivity index (χ0v) is 37.7. The van der Waals surface area contributed by atoms with E-state index in [0.717, 1.165) is 17.1 Å². The molecule has 1 unspecified atom stereocenters. The summed E-state index contributed by atoms with van der Waals surface area (Å²) in [6.07, 6.45) is 0. The second-order valence-corrected chi connectivity index (χ2v) is 19.1. The van der Waals surface area contributed by atoms with Crippen LogP contribution in [0.3, 0.4) is 0 Å². The van der Waals surface area contributed by atoms with Gasteiger partial charge in [-0.2, -0.15) is 0 Å². The maximum absolute atomic E-state index is 2.50. The van der Waals surface area contributed by atoms with Gasteiger partial charge in [-0.1, -0.05) is 213 Å². The quantitative estimate of drug-likeness (QED) is 0.155. The molecule has 0 N–H and O–H groups in total. The topological polar surface area (TPSA) is 3.24 Å². The number of benzene rings is 9. The molecule has 1 heteroatoms. The minimum atomic E-state index is -0.529. The van der Waals surface area contributed by atoms with Gasteiger partial charge < -0.3 is 4.90 Å². The lowest BCUT2D eigenvalue weighted by atomic mass is 9.67. The molecule has 1 atom stereocenters. The molecule has 2 aliphatic carbocycles. The van der Waals surface area contributed by atoms with E-state index in [2.05, 4.69) is 259 Å². The highest BCUT2D eigenvalue weighted by Gasteiger charge is 2.48. The lowest BCUT2D eigenvalue weighted by Crippen LogP contribution is -2.29. The fourth-order valence-electron chi connectivity index (χ4n) is 11.0. The normalized spacial score (nSPS) is 15.5. The van der Waals surface area contributed by atoms with Crippen molar-refractivity contribution >= 4 is 17.1 Å². The Morgan fingerprint density at radius 1 is 0.312 bits per heavy atom. The third-order valence-corrected chi connectivity index (χ3v) is 14.2. The van der Waals surface area contributed by atoms with Gasteiger partial charge in [-0.3, -0.25) is 0 Å². The van der Waals surface area contributed by atoms with Gasteiger partial charge in [-0.05, 0) is 135 Å². The molecular formula is C63H53N. The Morgan fingerprint density at radius 2 is 0.656 bits per heavy atom. The highest BCUT2D eigenvalue weighted by atomic mass is 15.1. The number of fused-ring (bicyclic) bond motifs is 6. The van der Waals surface area contributed by atoms with E-state index in [-0.39, 0.29) is 5.41 Å². The Balaban J connectivity index is 1.20. The fraction of sp³-hybridized carbons (Fsp3) is 0.143. The van der Waals surface area contributed by atoms with Gasteiger partial charge in [0.1, 0.15) is 0 Å². The van der Waals surface area contributed by atoms with Gasteiger partial charge in [0.2, 0.25) is 0 Å². The van der Waals surface area contributed by atoms with Gasteiger partial charge in [0, 0.05) is 17.1 Å². The van der Waals surface area contributed by atoms with Crippen LogP contribution in [0.15, 0.2) is 212 Å². The Kier molecular flexibility index (Phi) is 9.26. The summed E-state index contributed by atoms with van der Waals surface area (Å²) in [5.41, 5.74) is 22.8. The molecule has 2 aliphatic rings. The Bertz CT molecular complexity index is 3140. The van der Waals surface area contributed by atoms with Crippen LogP contribution in [0.5, 0.6) is 0 Å². The van der Waals surface area contributed by atoms with E-state index in [0.29, 0.717) is 0 Å². The molecule has 0 aliphatic heterocycles. The molecule has 9 aromatic rings. The van der Waals surface area contributed by atoms with Crippen LogP contribution in [-0.2, 0) is 16.2 Å². The number of rotatable bonds is 7. The summed E-state index contributed by atoms with van der Waals surface area (Å²) < 4.78 is 0. The van der Waals surface area contributed by atoms with Gasteiger partial charge in [-0.25, -0.2) is 0 Å². The summed E-state index contributed by atoms with van der Waals surface area (Å²) >= 11 is 0. The number of nitrogens with zero attached hydrogens (tertiary/aromatic N) is 1. The molecule has 1 nitrogen and oxygen atoms in total. The standard InChI is InChI=1S/C63H53N/c1-42-20-26-47(27-21-42)62(46-14-8-7-9-15-46)57-18-12-10-16-53(57)55-38-36-51(40-59(55)62)64(50-34-32-45(33-35-50)61(4,5)6)52-37-39-56-54-17-11-13-19-58(54)63(60(56)41-52,48-28-22-43(2)23-29-48)49-30-24-44(3)25-31-49/h7-41H,1-6H3. The minimum absolute atomic E-state index is 0.0209. The Morgan fingerprint density at radius 3 is 1.06 bits per heavy atom. The van der Waals surface area contributed by atoms with Crippen molar-refractivity contribution in [3.8, 4) is 22.3 Å². The van der Waals surface area contributed by atoms with Crippen molar-refractivity contribution in [1.29, 1.82) is 0 Å². The Labute approximate surface area is 379 Å². The average molecular weight is 824 g/mol. The van der Waals surface area contributed by atoms with Crippen LogP contribution in [0.2, 0.25) is 0 Å². The SMILES string of the molecule is Cc1ccc(C2(c3ccccc3)c3ccccc3-c3ccc(N(c4ccc(C(C)(C)C)cc4)c4ccc5c(c4)C(c4ccc(C)cc4)(c4ccc(C)cc4)c4ccccc4-5)cc32)cc1. The number of aryl methyl sites for hydroxylation is 3. The monoisotopic (exact) mass is 823 g/mol. The third-order valence-electron chi connectivity index (χ3n) is 14.2. The van der Waals surface area contributed by atoms with Gasteiger partial charge in [-0.15, -0.1) is 0 Å². The number of hydrogen-bond acceptors (Lipinski definition) is 1. The van der Waals surface area contributed by atoms with Gasteiger partial charge >= 0.3 is 0 Å². The largest absolute Gasteiger partial charge is 0.310 e.